The van der Waals surface area contributed by atoms with Gasteiger partial charge in [0.2, 0.25) is 0 Å². The fourth-order valence-corrected chi connectivity index (χ4v) is 5.20. The Kier molecular flexibility index (Phi) is 3.51. The Bertz CT molecular complexity index is 330. The van der Waals surface area contributed by atoms with E-state index >= 15 is 0 Å². The van der Waals surface area contributed by atoms with Crippen LogP contribution in [-0.4, -0.2) is 5.75 Å². The van der Waals surface area contributed by atoms with E-state index in [0.29, 0.717) is 10.8 Å². The van der Waals surface area contributed by atoms with Gasteiger partial charge in [0.05, 0.1) is 0 Å². The van der Waals surface area contributed by atoms with Gasteiger partial charge in [-0.05, 0) is 66.0 Å². The summed E-state index contributed by atoms with van der Waals surface area (Å²) in [6.45, 7) is 9.91. The highest BCUT2D eigenvalue weighted by Crippen LogP contribution is 2.69. The highest BCUT2D eigenvalue weighted by atomic mass is 32.2. The fraction of sp³-hybridized carbons (Fsp3) is 0.933. The molecule has 2 heteroatoms. The van der Waals surface area contributed by atoms with Crippen molar-refractivity contribution < 1.29 is 0 Å². The molecule has 1 nitrogen and oxygen atoms in total. The molecule has 0 aliphatic heterocycles. The van der Waals surface area contributed by atoms with E-state index in [4.69, 9.17) is 5.26 Å². The van der Waals surface area contributed by atoms with Gasteiger partial charge in [-0.25, -0.2) is 0 Å². The van der Waals surface area contributed by atoms with Crippen molar-refractivity contribution in [1.29, 1.82) is 5.26 Å². The molecule has 2 saturated carbocycles. The Labute approximate surface area is 110 Å². The van der Waals surface area contributed by atoms with Crippen LogP contribution in [0.1, 0.15) is 53.4 Å². The first-order valence-electron chi connectivity index (χ1n) is 6.94. The molecular formula is C15H25NS. The lowest BCUT2D eigenvalue weighted by molar-refractivity contribution is 0.0707. The van der Waals surface area contributed by atoms with E-state index < -0.39 is 0 Å². The average molecular weight is 251 g/mol. The lowest BCUT2D eigenvalue weighted by Gasteiger charge is -2.42. The van der Waals surface area contributed by atoms with E-state index in [0.717, 1.165) is 23.5 Å². The molecule has 2 aliphatic carbocycles. The molecule has 2 aliphatic rings. The maximum atomic E-state index is 8.60. The predicted octanol–water partition coefficient (Wildman–Crippen LogP) is 4.69. The lowest BCUT2D eigenvalue weighted by Crippen LogP contribution is -2.35. The molecule has 0 amide bonds. The molecule has 0 N–H and O–H groups in total. The number of thiocyanates is 1. The minimum Gasteiger partial charge on any atom is -0.185 e. The van der Waals surface area contributed by atoms with Crippen LogP contribution in [-0.2, 0) is 0 Å². The molecule has 0 heterocycles. The first kappa shape index (κ1) is 13.3. The Morgan fingerprint density at radius 1 is 1.41 bits per heavy atom. The first-order chi connectivity index (χ1) is 7.93. The summed E-state index contributed by atoms with van der Waals surface area (Å²) in [6.07, 6.45) is 5.51. The van der Waals surface area contributed by atoms with E-state index in [-0.39, 0.29) is 0 Å². The molecule has 0 aromatic rings. The molecule has 0 saturated heterocycles. The van der Waals surface area contributed by atoms with Crippen LogP contribution in [0.2, 0.25) is 0 Å². The van der Waals surface area contributed by atoms with Crippen molar-refractivity contribution in [2.24, 2.45) is 28.6 Å². The average Bonchev–Trinajstić information content (AvgIpc) is 2.61. The number of fused-ring (bicyclic) bond motifs is 2. The summed E-state index contributed by atoms with van der Waals surface area (Å²) < 4.78 is 0. The zero-order valence-corrected chi connectivity index (χ0v) is 12.4. The number of nitriles is 1. The summed E-state index contributed by atoms with van der Waals surface area (Å²) in [5.74, 6) is 3.62. The van der Waals surface area contributed by atoms with Crippen LogP contribution in [0.3, 0.4) is 0 Å². The van der Waals surface area contributed by atoms with Crippen LogP contribution in [0.5, 0.6) is 0 Å². The van der Waals surface area contributed by atoms with Crippen molar-refractivity contribution in [2.75, 3.05) is 5.75 Å². The maximum Gasteiger partial charge on any atom is 0.133 e. The Balaban J connectivity index is 2.02. The van der Waals surface area contributed by atoms with Gasteiger partial charge in [-0.2, -0.15) is 5.26 Å². The standard InChI is InChI=1S/C15H25NS/c1-11(6-8-17-10-16)13-9-12-5-7-15(13,4)14(12,2)3/h11-13H,5-9H2,1-4H3. The molecule has 96 valence electrons. The van der Waals surface area contributed by atoms with E-state index in [9.17, 15) is 0 Å². The molecule has 0 aromatic heterocycles. The molecular weight excluding hydrogens is 226 g/mol. The van der Waals surface area contributed by atoms with Gasteiger partial charge in [0, 0.05) is 5.75 Å². The van der Waals surface area contributed by atoms with Crippen LogP contribution in [0.25, 0.3) is 0 Å². The molecule has 2 bridgehead atoms. The molecule has 0 aromatic carbocycles. The Morgan fingerprint density at radius 3 is 2.59 bits per heavy atom. The summed E-state index contributed by atoms with van der Waals surface area (Å²) in [4.78, 5) is 0. The number of rotatable bonds is 4. The third-order valence-electron chi connectivity index (χ3n) is 6.29. The number of nitrogens with zero attached hydrogens (tertiary/aromatic N) is 1. The van der Waals surface area contributed by atoms with E-state index in [1.165, 1.54) is 37.4 Å². The molecule has 2 fully saturated rings. The van der Waals surface area contributed by atoms with Gasteiger partial charge in [-0.15, -0.1) is 0 Å². The van der Waals surface area contributed by atoms with Crippen LogP contribution < -0.4 is 0 Å². The fourth-order valence-electron chi connectivity index (χ4n) is 4.62. The van der Waals surface area contributed by atoms with E-state index in [2.05, 4.69) is 33.1 Å². The van der Waals surface area contributed by atoms with Crippen molar-refractivity contribution in [1.82, 2.24) is 0 Å². The zero-order chi connectivity index (χ0) is 12.7. The van der Waals surface area contributed by atoms with Gasteiger partial charge in [-0.3, -0.25) is 0 Å². The van der Waals surface area contributed by atoms with Crippen molar-refractivity contribution in [3.63, 3.8) is 0 Å². The van der Waals surface area contributed by atoms with Crippen LogP contribution in [0, 0.1) is 39.2 Å². The first-order valence-corrected chi connectivity index (χ1v) is 7.93. The molecule has 0 radical (unpaired) electrons. The van der Waals surface area contributed by atoms with E-state index in [1.54, 1.807) is 0 Å². The summed E-state index contributed by atoms with van der Waals surface area (Å²) in [5, 5.41) is 10.8. The van der Waals surface area contributed by atoms with Gasteiger partial charge in [0.25, 0.3) is 0 Å². The van der Waals surface area contributed by atoms with Gasteiger partial charge in [0.15, 0.2) is 0 Å². The van der Waals surface area contributed by atoms with Crippen molar-refractivity contribution in [3.8, 4) is 5.40 Å². The maximum absolute atomic E-state index is 8.60. The summed E-state index contributed by atoms with van der Waals surface area (Å²) in [6, 6.07) is 0. The number of hydrogen-bond donors (Lipinski definition) is 0. The zero-order valence-electron chi connectivity index (χ0n) is 11.6. The lowest BCUT2D eigenvalue weighted by atomic mass is 9.63. The largest absolute Gasteiger partial charge is 0.185 e. The highest BCUT2D eigenvalue weighted by Gasteiger charge is 2.61. The summed E-state index contributed by atoms with van der Waals surface area (Å²) >= 11 is 1.42. The number of thioether (sulfide) groups is 1. The SMILES string of the molecule is CC(CCSC#N)C1CC2CCC1(C)C2(C)C. The van der Waals surface area contributed by atoms with Gasteiger partial charge < -0.3 is 0 Å². The van der Waals surface area contributed by atoms with E-state index in [1.807, 2.05) is 0 Å². The summed E-state index contributed by atoms with van der Waals surface area (Å²) in [7, 11) is 0. The monoisotopic (exact) mass is 251 g/mol. The topological polar surface area (TPSA) is 23.8 Å². The smallest absolute Gasteiger partial charge is 0.133 e. The predicted molar refractivity (Wildman–Crippen MR) is 74.6 cm³/mol. The molecule has 0 spiro atoms. The second-order valence-corrected chi connectivity index (χ2v) is 7.80. The second-order valence-electron chi connectivity index (χ2n) is 6.92. The van der Waals surface area contributed by atoms with Crippen molar-refractivity contribution in [2.45, 2.75) is 53.4 Å². The third-order valence-corrected chi connectivity index (χ3v) is 6.86. The van der Waals surface area contributed by atoms with Gasteiger partial charge in [0.1, 0.15) is 5.40 Å². The van der Waals surface area contributed by atoms with Crippen molar-refractivity contribution in [3.05, 3.63) is 0 Å². The minimum absolute atomic E-state index is 0.536. The number of hydrogen-bond acceptors (Lipinski definition) is 2. The Morgan fingerprint density at radius 2 is 2.12 bits per heavy atom. The third kappa shape index (κ3) is 1.91. The van der Waals surface area contributed by atoms with Gasteiger partial charge >= 0.3 is 0 Å². The molecule has 2 rings (SSSR count). The minimum atomic E-state index is 0.536. The molecule has 4 atom stereocenters. The van der Waals surface area contributed by atoms with Crippen molar-refractivity contribution >= 4 is 11.8 Å². The molecule has 4 unspecified atom stereocenters. The normalized spacial score (nSPS) is 40.2. The highest BCUT2D eigenvalue weighted by molar-refractivity contribution is 8.03. The van der Waals surface area contributed by atoms with Gasteiger partial charge in [-0.1, -0.05) is 27.7 Å². The van der Waals surface area contributed by atoms with Crippen LogP contribution in [0.4, 0.5) is 0 Å². The summed E-state index contributed by atoms with van der Waals surface area (Å²) in [5.41, 5.74) is 1.09. The quantitative estimate of drug-likeness (QED) is 0.534. The second kappa shape index (κ2) is 4.50. The van der Waals surface area contributed by atoms with Crippen LogP contribution in [0.15, 0.2) is 0 Å². The van der Waals surface area contributed by atoms with Crippen LogP contribution >= 0.6 is 11.8 Å². The Hall–Kier alpha value is -0.160. The molecule has 17 heavy (non-hydrogen) atoms.